The van der Waals surface area contributed by atoms with Gasteiger partial charge in [0.25, 0.3) is 5.91 Å². The van der Waals surface area contributed by atoms with Crippen LogP contribution in [0.3, 0.4) is 0 Å². The summed E-state index contributed by atoms with van der Waals surface area (Å²) < 4.78 is 0. The van der Waals surface area contributed by atoms with Crippen LogP contribution in [0, 0.1) is 33.5 Å². The third kappa shape index (κ3) is 8.02. The van der Waals surface area contributed by atoms with Crippen molar-refractivity contribution >= 4 is 35.3 Å². The van der Waals surface area contributed by atoms with Gasteiger partial charge in [0, 0.05) is 24.5 Å². The summed E-state index contributed by atoms with van der Waals surface area (Å²) in [5.41, 5.74) is -1.04. The van der Waals surface area contributed by atoms with E-state index in [1.54, 1.807) is 4.90 Å². The third-order valence-electron chi connectivity index (χ3n) is 15.1. The smallest absolute Gasteiger partial charge is 0.289 e. The summed E-state index contributed by atoms with van der Waals surface area (Å²) in [5, 5.41) is 12.1. The molecule has 56 heavy (non-hydrogen) atoms. The van der Waals surface area contributed by atoms with Crippen LogP contribution in [0.25, 0.3) is 0 Å². The number of carbonyl (C=O) groups excluding carboxylic acids is 6. The molecule has 0 aromatic heterocycles. The Morgan fingerprint density at radius 1 is 0.786 bits per heavy atom. The molecule has 4 aliphatic carbocycles. The standard InChI is InChI=1S/C44H72N6O6/c1-9-15-30(34(51)39(55)45-29-19-20-29)46-37(53)32-24-44(42(7,8)43(44)21-14-22-43)26-50(32)40(56)35(41(4,5)6)48-38(54)33(28-16-11-10-12-17-28)47-36(52)31-18-13-23-49(31)25-27(2)3/h27-33,35H,9-26H2,1-8H3,(H,45,55)(H,46,53)(H,47,52)(H,48,54)/t30-,31+,32-,33-,35+,44+/m0/s1. The molecule has 12 nitrogen and oxygen atoms in total. The Kier molecular flexibility index (Phi) is 12.4. The van der Waals surface area contributed by atoms with E-state index in [2.05, 4.69) is 53.9 Å². The number of nitrogens with one attached hydrogen (secondary N) is 4. The van der Waals surface area contributed by atoms with Crippen molar-refractivity contribution < 1.29 is 28.8 Å². The number of likely N-dealkylation sites (tertiary alicyclic amines) is 2. The van der Waals surface area contributed by atoms with Crippen LogP contribution < -0.4 is 21.3 Å². The van der Waals surface area contributed by atoms with Gasteiger partial charge in [-0.05, 0) is 98.8 Å². The molecule has 4 N–H and O–H groups in total. The van der Waals surface area contributed by atoms with Gasteiger partial charge in [-0.3, -0.25) is 33.7 Å². The predicted octanol–water partition coefficient (Wildman–Crippen LogP) is 4.63. The summed E-state index contributed by atoms with van der Waals surface area (Å²) >= 11 is 0. The zero-order valence-electron chi connectivity index (χ0n) is 35.7. The van der Waals surface area contributed by atoms with Gasteiger partial charge < -0.3 is 26.2 Å². The number of hydrogen-bond donors (Lipinski definition) is 4. The van der Waals surface area contributed by atoms with E-state index in [0.29, 0.717) is 31.7 Å². The Balaban J connectivity index is 1.25. The van der Waals surface area contributed by atoms with Gasteiger partial charge in [0.2, 0.25) is 29.4 Å². The maximum atomic E-state index is 15.2. The fourth-order valence-corrected chi connectivity index (χ4v) is 11.5. The first-order chi connectivity index (χ1) is 26.4. The molecular weight excluding hydrogens is 709 g/mol. The highest BCUT2D eigenvalue weighted by atomic mass is 16.2. The molecule has 2 aliphatic heterocycles. The van der Waals surface area contributed by atoms with E-state index in [9.17, 15) is 24.0 Å². The predicted molar refractivity (Wildman–Crippen MR) is 215 cm³/mol. The second kappa shape index (κ2) is 16.3. The molecule has 314 valence electrons. The van der Waals surface area contributed by atoms with Crippen LogP contribution in [0.2, 0.25) is 0 Å². The van der Waals surface area contributed by atoms with Crippen molar-refractivity contribution in [1.82, 2.24) is 31.1 Å². The summed E-state index contributed by atoms with van der Waals surface area (Å²) in [4.78, 5) is 88.3. The normalized spacial score (nSPS) is 28.7. The topological polar surface area (TPSA) is 157 Å². The number of carbonyl (C=O) groups is 6. The molecule has 4 saturated carbocycles. The van der Waals surface area contributed by atoms with Crippen molar-refractivity contribution in [3.63, 3.8) is 0 Å². The van der Waals surface area contributed by atoms with E-state index in [-0.39, 0.29) is 52.0 Å². The highest BCUT2D eigenvalue weighted by Crippen LogP contribution is 2.88. The molecule has 6 atom stereocenters. The first-order valence-electron chi connectivity index (χ1n) is 22.2. The van der Waals surface area contributed by atoms with Crippen molar-refractivity contribution in [3.05, 3.63) is 0 Å². The second-order valence-corrected chi connectivity index (χ2v) is 20.5. The van der Waals surface area contributed by atoms with Gasteiger partial charge >= 0.3 is 0 Å². The number of amides is 5. The van der Waals surface area contributed by atoms with Crippen LogP contribution in [0.5, 0.6) is 0 Å². The molecule has 6 aliphatic rings. The van der Waals surface area contributed by atoms with Crippen molar-refractivity contribution in [3.8, 4) is 0 Å². The molecule has 0 unspecified atom stereocenters. The third-order valence-corrected chi connectivity index (χ3v) is 15.1. The second-order valence-electron chi connectivity index (χ2n) is 20.5. The van der Waals surface area contributed by atoms with Gasteiger partial charge in [0.15, 0.2) is 0 Å². The van der Waals surface area contributed by atoms with E-state index in [0.717, 1.165) is 90.1 Å². The average Bonchev–Trinajstić information content (AvgIpc) is 3.82. The lowest BCUT2D eigenvalue weighted by Gasteiger charge is -2.38. The minimum Gasteiger partial charge on any atom is -0.347 e. The highest BCUT2D eigenvalue weighted by Gasteiger charge is 2.85. The van der Waals surface area contributed by atoms with Gasteiger partial charge in [-0.15, -0.1) is 0 Å². The fraction of sp³-hybridized carbons (Fsp3) is 0.864. The summed E-state index contributed by atoms with van der Waals surface area (Å²) in [5.74, 6) is -2.15. The quantitative estimate of drug-likeness (QED) is 0.177. The molecule has 2 saturated heterocycles. The van der Waals surface area contributed by atoms with Crippen molar-refractivity contribution in [2.24, 2.45) is 33.5 Å². The Morgan fingerprint density at radius 2 is 1.45 bits per heavy atom. The van der Waals surface area contributed by atoms with Crippen LogP contribution in [0.15, 0.2) is 0 Å². The van der Waals surface area contributed by atoms with E-state index < -0.39 is 47.2 Å². The number of Topliss-reactive ketones (excluding diaryl/α,β-unsaturated/α-hetero) is 1. The van der Waals surface area contributed by atoms with Gasteiger partial charge in [-0.2, -0.15) is 0 Å². The minimum atomic E-state index is -0.987. The number of rotatable bonds is 15. The zero-order valence-corrected chi connectivity index (χ0v) is 35.7. The first kappa shape index (κ1) is 42.6. The molecule has 5 amide bonds. The first-order valence-corrected chi connectivity index (χ1v) is 22.2. The summed E-state index contributed by atoms with van der Waals surface area (Å²) in [6, 6.07) is -3.84. The lowest BCUT2D eigenvalue weighted by Crippen LogP contribution is -2.62. The van der Waals surface area contributed by atoms with E-state index in [1.807, 2.05) is 27.7 Å². The van der Waals surface area contributed by atoms with Gasteiger partial charge in [-0.1, -0.05) is 87.5 Å². The Labute approximate surface area is 335 Å². The number of hydrogen-bond acceptors (Lipinski definition) is 7. The monoisotopic (exact) mass is 781 g/mol. The Hall–Kier alpha value is -3.02. The zero-order chi connectivity index (χ0) is 40.8. The molecule has 0 aromatic rings. The largest absolute Gasteiger partial charge is 0.347 e. The van der Waals surface area contributed by atoms with Crippen LogP contribution in [0.4, 0.5) is 0 Å². The molecule has 6 fully saturated rings. The number of fused-ring (bicyclic) bond motifs is 1. The molecule has 6 rings (SSSR count). The molecule has 2 heterocycles. The molecule has 0 radical (unpaired) electrons. The minimum absolute atomic E-state index is 0.0147. The van der Waals surface area contributed by atoms with E-state index in [4.69, 9.17) is 0 Å². The van der Waals surface area contributed by atoms with E-state index >= 15 is 4.79 Å². The molecular formula is C44H72N6O6. The maximum absolute atomic E-state index is 15.2. The van der Waals surface area contributed by atoms with Crippen molar-refractivity contribution in [1.29, 1.82) is 0 Å². The Morgan fingerprint density at radius 3 is 2.00 bits per heavy atom. The number of nitrogens with zero attached hydrogens (tertiary/aromatic N) is 2. The van der Waals surface area contributed by atoms with Gasteiger partial charge in [0.1, 0.15) is 18.1 Å². The van der Waals surface area contributed by atoms with Crippen molar-refractivity contribution in [2.45, 2.75) is 188 Å². The molecule has 12 heteroatoms. The average molecular weight is 781 g/mol. The van der Waals surface area contributed by atoms with Crippen LogP contribution in [0.1, 0.15) is 152 Å². The van der Waals surface area contributed by atoms with Crippen LogP contribution >= 0.6 is 0 Å². The maximum Gasteiger partial charge on any atom is 0.289 e. The molecule has 2 spiro atoms. The SMILES string of the molecule is CCC[C@H](NC(=O)[C@@H]1C[C@@]2(CN1C(=O)[C@@H](NC(=O)[C@@H](NC(=O)[C@H]1CCCN1CC(C)C)C1CCCCC1)C(C)(C)C)C(C)(C)C21CCC1)C(=O)C(=O)NC1CC1. The fourth-order valence-electron chi connectivity index (χ4n) is 11.5. The lowest BCUT2D eigenvalue weighted by molar-refractivity contribution is -0.145. The van der Waals surface area contributed by atoms with Crippen LogP contribution in [-0.2, 0) is 28.8 Å². The van der Waals surface area contributed by atoms with Crippen molar-refractivity contribution in [2.75, 3.05) is 19.6 Å². The Bertz CT molecular complexity index is 1520. The molecule has 0 aromatic carbocycles. The van der Waals surface area contributed by atoms with E-state index in [1.165, 1.54) is 0 Å². The van der Waals surface area contributed by atoms with Gasteiger partial charge in [0.05, 0.1) is 12.1 Å². The van der Waals surface area contributed by atoms with Crippen LogP contribution in [-0.4, -0.2) is 101 Å². The molecule has 0 bridgehead atoms. The highest BCUT2D eigenvalue weighted by molar-refractivity contribution is 6.38. The summed E-state index contributed by atoms with van der Waals surface area (Å²) in [6.45, 7) is 18.6. The lowest BCUT2D eigenvalue weighted by atomic mass is 9.73. The van der Waals surface area contributed by atoms with Gasteiger partial charge in [-0.25, -0.2) is 0 Å². The summed E-state index contributed by atoms with van der Waals surface area (Å²) in [7, 11) is 0. The number of ketones is 1. The summed E-state index contributed by atoms with van der Waals surface area (Å²) in [6.07, 6.45) is 12.7.